The van der Waals surface area contributed by atoms with Crippen LogP contribution in [0.1, 0.15) is 60.4 Å². The van der Waals surface area contributed by atoms with Crippen molar-refractivity contribution in [3.8, 4) is 0 Å². The van der Waals surface area contributed by atoms with E-state index in [1.54, 1.807) is 43.3 Å². The molecule has 3 aromatic rings. The van der Waals surface area contributed by atoms with Gasteiger partial charge < -0.3 is 10.2 Å². The Bertz CT molecular complexity index is 1500. The van der Waals surface area contributed by atoms with E-state index in [0.717, 1.165) is 57.8 Å². The third-order valence-electron chi connectivity index (χ3n) is 7.97. The Balaban J connectivity index is 1.70. The monoisotopic (exact) mass is 575 g/mol. The highest BCUT2D eigenvalue weighted by atomic mass is 32.2. The molecule has 3 aromatic carbocycles. The molecule has 1 unspecified atom stereocenters. The number of sulfonamides is 1. The number of nitrogens with zero attached hydrogens (tertiary/aromatic N) is 2. The van der Waals surface area contributed by atoms with Crippen molar-refractivity contribution in [1.82, 2.24) is 10.2 Å². The molecular formula is C33H41N3O4S. The Morgan fingerprint density at radius 3 is 2.20 bits per heavy atom. The zero-order valence-corrected chi connectivity index (χ0v) is 25.5. The number of aryl methyl sites for hydroxylation is 4. The molecule has 1 aliphatic rings. The molecule has 1 atom stereocenters. The van der Waals surface area contributed by atoms with E-state index in [-0.39, 0.29) is 23.4 Å². The molecule has 2 amide bonds. The first-order valence-electron chi connectivity index (χ1n) is 14.3. The summed E-state index contributed by atoms with van der Waals surface area (Å²) in [4.78, 5) is 29.1. The molecule has 1 aliphatic carbocycles. The molecule has 0 aromatic heterocycles. The maximum atomic E-state index is 14.1. The van der Waals surface area contributed by atoms with Crippen LogP contribution in [-0.4, -0.2) is 43.8 Å². The summed E-state index contributed by atoms with van der Waals surface area (Å²) in [7, 11) is -4.09. The number of hydrogen-bond acceptors (Lipinski definition) is 4. The minimum Gasteiger partial charge on any atom is -0.352 e. The second-order valence-corrected chi connectivity index (χ2v) is 13.1. The van der Waals surface area contributed by atoms with Crippen LogP contribution in [0.4, 0.5) is 5.69 Å². The molecular weight excluding hydrogens is 534 g/mol. The molecule has 8 heteroatoms. The van der Waals surface area contributed by atoms with E-state index in [0.29, 0.717) is 5.69 Å². The van der Waals surface area contributed by atoms with Crippen LogP contribution < -0.4 is 9.62 Å². The molecule has 0 saturated heterocycles. The molecule has 1 saturated carbocycles. The summed E-state index contributed by atoms with van der Waals surface area (Å²) in [6.07, 6.45) is 4.01. The summed E-state index contributed by atoms with van der Waals surface area (Å²) < 4.78 is 29.2. The normalized spacial score (nSPS) is 14.5. The number of hydrogen-bond donors (Lipinski definition) is 1. The fourth-order valence-corrected chi connectivity index (χ4v) is 6.63. The standard InChI is InChI=1S/C33H41N3O4S/c1-23-13-17-31(18-14-23)41(39,40)36(30-16-15-25(3)26(4)20-30)22-32(37)35(21-28-10-8-9-24(2)19-28)27(5)33(38)34-29-11-6-7-12-29/h8-10,13-20,27,29H,6-7,11-12,21-22H2,1-5H3,(H,34,38). The highest BCUT2D eigenvalue weighted by molar-refractivity contribution is 7.92. The van der Waals surface area contributed by atoms with Gasteiger partial charge >= 0.3 is 0 Å². The maximum Gasteiger partial charge on any atom is 0.264 e. The first-order valence-corrected chi connectivity index (χ1v) is 15.7. The zero-order valence-electron chi connectivity index (χ0n) is 24.7. The van der Waals surface area contributed by atoms with Gasteiger partial charge in [-0.3, -0.25) is 13.9 Å². The van der Waals surface area contributed by atoms with Crippen LogP contribution in [0.3, 0.4) is 0 Å². The van der Waals surface area contributed by atoms with Crippen molar-refractivity contribution in [3.05, 3.63) is 94.5 Å². The fourth-order valence-electron chi connectivity index (χ4n) is 5.23. The van der Waals surface area contributed by atoms with Crippen LogP contribution in [-0.2, 0) is 26.2 Å². The average Bonchev–Trinajstić information content (AvgIpc) is 3.44. The number of carbonyl (C=O) groups excluding carboxylic acids is 2. The predicted octanol–water partition coefficient (Wildman–Crippen LogP) is 5.59. The maximum absolute atomic E-state index is 14.1. The smallest absolute Gasteiger partial charge is 0.264 e. The van der Waals surface area contributed by atoms with E-state index < -0.39 is 28.5 Å². The number of amides is 2. The Labute approximate surface area is 244 Å². The summed E-state index contributed by atoms with van der Waals surface area (Å²) in [5.41, 5.74) is 5.19. The molecule has 41 heavy (non-hydrogen) atoms. The number of carbonyl (C=O) groups is 2. The Kier molecular flexibility index (Phi) is 9.53. The highest BCUT2D eigenvalue weighted by Crippen LogP contribution is 2.27. The largest absolute Gasteiger partial charge is 0.352 e. The van der Waals surface area contributed by atoms with Crippen LogP contribution in [0.5, 0.6) is 0 Å². The summed E-state index contributed by atoms with van der Waals surface area (Å²) in [6.45, 7) is 9.20. The third kappa shape index (κ3) is 7.36. The quantitative estimate of drug-likeness (QED) is 0.341. The summed E-state index contributed by atoms with van der Waals surface area (Å²) in [5.74, 6) is -0.675. The molecule has 218 valence electrons. The van der Waals surface area contributed by atoms with Gasteiger partial charge in [-0.15, -0.1) is 0 Å². The van der Waals surface area contributed by atoms with Crippen molar-refractivity contribution in [3.63, 3.8) is 0 Å². The van der Waals surface area contributed by atoms with Gasteiger partial charge in [-0.05, 0) is 88.4 Å². The van der Waals surface area contributed by atoms with Gasteiger partial charge in [0.25, 0.3) is 10.0 Å². The van der Waals surface area contributed by atoms with Gasteiger partial charge in [0.2, 0.25) is 11.8 Å². The van der Waals surface area contributed by atoms with Crippen molar-refractivity contribution in [2.45, 2.75) is 83.8 Å². The highest BCUT2D eigenvalue weighted by Gasteiger charge is 2.33. The van der Waals surface area contributed by atoms with Crippen LogP contribution in [0.15, 0.2) is 71.6 Å². The minimum absolute atomic E-state index is 0.103. The van der Waals surface area contributed by atoms with E-state index in [9.17, 15) is 18.0 Å². The number of anilines is 1. The van der Waals surface area contributed by atoms with Gasteiger partial charge in [0.05, 0.1) is 10.6 Å². The Morgan fingerprint density at radius 2 is 1.56 bits per heavy atom. The van der Waals surface area contributed by atoms with Crippen LogP contribution in [0, 0.1) is 27.7 Å². The molecule has 1 N–H and O–H groups in total. The van der Waals surface area contributed by atoms with E-state index in [2.05, 4.69) is 5.32 Å². The lowest BCUT2D eigenvalue weighted by atomic mass is 10.1. The molecule has 0 heterocycles. The van der Waals surface area contributed by atoms with Gasteiger partial charge in [0.1, 0.15) is 12.6 Å². The lowest BCUT2D eigenvalue weighted by Crippen LogP contribution is -2.52. The van der Waals surface area contributed by atoms with Crippen LogP contribution in [0.25, 0.3) is 0 Å². The number of rotatable bonds is 10. The topological polar surface area (TPSA) is 86.8 Å². The second kappa shape index (κ2) is 12.9. The second-order valence-electron chi connectivity index (χ2n) is 11.3. The molecule has 7 nitrogen and oxygen atoms in total. The Hall–Kier alpha value is -3.65. The van der Waals surface area contributed by atoms with E-state index in [4.69, 9.17) is 0 Å². The molecule has 0 aliphatic heterocycles. The molecule has 4 rings (SSSR count). The lowest BCUT2D eigenvalue weighted by molar-refractivity contribution is -0.139. The van der Waals surface area contributed by atoms with E-state index in [1.807, 2.05) is 58.0 Å². The van der Waals surface area contributed by atoms with Crippen molar-refractivity contribution < 1.29 is 18.0 Å². The van der Waals surface area contributed by atoms with Crippen LogP contribution >= 0.6 is 0 Å². The van der Waals surface area contributed by atoms with Gasteiger partial charge in [0, 0.05) is 12.6 Å². The summed E-state index contributed by atoms with van der Waals surface area (Å²) in [5, 5.41) is 3.11. The lowest BCUT2D eigenvalue weighted by Gasteiger charge is -2.32. The summed E-state index contributed by atoms with van der Waals surface area (Å²) in [6, 6.07) is 19.1. The van der Waals surface area contributed by atoms with E-state index >= 15 is 0 Å². The molecule has 0 radical (unpaired) electrons. The van der Waals surface area contributed by atoms with Gasteiger partial charge in [-0.2, -0.15) is 0 Å². The van der Waals surface area contributed by atoms with Crippen molar-refractivity contribution >= 4 is 27.5 Å². The van der Waals surface area contributed by atoms with Crippen molar-refractivity contribution in [1.29, 1.82) is 0 Å². The average molecular weight is 576 g/mol. The minimum atomic E-state index is -4.09. The number of benzene rings is 3. The molecule has 0 spiro atoms. The van der Waals surface area contributed by atoms with Crippen molar-refractivity contribution in [2.75, 3.05) is 10.8 Å². The Morgan fingerprint density at radius 1 is 0.878 bits per heavy atom. The van der Waals surface area contributed by atoms with Gasteiger partial charge in [-0.1, -0.05) is 66.4 Å². The van der Waals surface area contributed by atoms with E-state index in [1.165, 1.54) is 4.90 Å². The number of nitrogens with one attached hydrogen (secondary N) is 1. The first-order chi connectivity index (χ1) is 19.5. The molecule has 1 fully saturated rings. The SMILES string of the molecule is Cc1ccc(S(=O)(=O)N(CC(=O)N(Cc2cccc(C)c2)C(C)C(=O)NC2CCCC2)c2ccc(C)c(C)c2)cc1. The zero-order chi connectivity index (χ0) is 29.7. The fraction of sp³-hybridized carbons (Fsp3) is 0.394. The third-order valence-corrected chi connectivity index (χ3v) is 9.76. The molecule has 0 bridgehead atoms. The first kappa shape index (κ1) is 30.3. The van der Waals surface area contributed by atoms with Crippen molar-refractivity contribution in [2.24, 2.45) is 0 Å². The van der Waals surface area contributed by atoms with Crippen LogP contribution in [0.2, 0.25) is 0 Å². The predicted molar refractivity (Wildman–Crippen MR) is 163 cm³/mol. The van der Waals surface area contributed by atoms with Gasteiger partial charge in [-0.25, -0.2) is 8.42 Å². The van der Waals surface area contributed by atoms with Gasteiger partial charge in [0.15, 0.2) is 0 Å². The summed E-state index contributed by atoms with van der Waals surface area (Å²) >= 11 is 0.